The molecule has 0 bridgehead atoms. The molecule has 0 aliphatic rings. The highest BCUT2D eigenvalue weighted by molar-refractivity contribution is 6.42. The van der Waals surface area contributed by atoms with Gasteiger partial charge in [-0.3, -0.25) is 0 Å². The first-order valence-electron chi connectivity index (χ1n) is 8.92. The largest absolute Gasteiger partial charge is 0.491 e. The first kappa shape index (κ1) is 23.2. The second kappa shape index (κ2) is 9.64. The molecule has 0 saturated heterocycles. The first-order valence-corrected chi connectivity index (χ1v) is 9.67. The average Bonchev–Trinajstić information content (AvgIpc) is 2.69. The molecule has 0 aromatic heterocycles. The molecule has 0 aliphatic carbocycles. The minimum Gasteiger partial charge on any atom is -0.491 e. The van der Waals surface area contributed by atoms with E-state index in [1.165, 1.54) is 0 Å². The monoisotopic (exact) mass is 449 g/mol. The van der Waals surface area contributed by atoms with E-state index in [2.05, 4.69) is 0 Å². The lowest BCUT2D eigenvalue weighted by Gasteiger charge is -2.25. The number of rotatable bonds is 6. The summed E-state index contributed by atoms with van der Waals surface area (Å²) in [6.45, 7) is 3.98. The SMILES string of the molecule is CC(C)Oc1cccc(-c2ccc(C(N)(C=O)c3ccc(Cl)c(Cl)c3)cc2)c1.Cl. The first-order chi connectivity index (χ1) is 13.3. The van der Waals surface area contributed by atoms with Gasteiger partial charge in [0, 0.05) is 0 Å². The zero-order valence-corrected chi connectivity index (χ0v) is 18.4. The van der Waals surface area contributed by atoms with Crippen molar-refractivity contribution >= 4 is 41.9 Å². The molecule has 0 fully saturated rings. The van der Waals surface area contributed by atoms with Gasteiger partial charge in [-0.2, -0.15) is 0 Å². The van der Waals surface area contributed by atoms with E-state index in [-0.39, 0.29) is 18.5 Å². The van der Waals surface area contributed by atoms with Crippen LogP contribution < -0.4 is 10.5 Å². The topological polar surface area (TPSA) is 52.3 Å². The molecule has 2 N–H and O–H groups in total. The van der Waals surface area contributed by atoms with Crippen molar-refractivity contribution in [1.82, 2.24) is 0 Å². The Hall–Kier alpha value is -2.04. The second-order valence-electron chi connectivity index (χ2n) is 6.89. The summed E-state index contributed by atoms with van der Waals surface area (Å²) >= 11 is 12.1. The fourth-order valence-electron chi connectivity index (χ4n) is 3.02. The van der Waals surface area contributed by atoms with Crippen LogP contribution in [0.1, 0.15) is 25.0 Å². The number of carbonyl (C=O) groups is 1. The lowest BCUT2D eigenvalue weighted by atomic mass is 9.84. The van der Waals surface area contributed by atoms with E-state index in [1.807, 2.05) is 62.4 Å². The van der Waals surface area contributed by atoms with Crippen LogP contribution in [0.3, 0.4) is 0 Å². The Morgan fingerprint density at radius 1 is 0.897 bits per heavy atom. The summed E-state index contributed by atoms with van der Waals surface area (Å²) in [6, 6.07) is 20.4. The molecule has 0 aliphatic heterocycles. The quantitative estimate of drug-likeness (QED) is 0.450. The summed E-state index contributed by atoms with van der Waals surface area (Å²) < 4.78 is 5.76. The maximum atomic E-state index is 11.9. The molecule has 0 spiro atoms. The Kier molecular flexibility index (Phi) is 7.73. The van der Waals surface area contributed by atoms with Crippen molar-refractivity contribution in [3.63, 3.8) is 0 Å². The summed E-state index contributed by atoms with van der Waals surface area (Å²) in [6.07, 6.45) is 0.827. The van der Waals surface area contributed by atoms with Crippen molar-refractivity contribution in [3.05, 3.63) is 87.9 Å². The molecule has 6 heteroatoms. The predicted molar refractivity (Wildman–Crippen MR) is 122 cm³/mol. The highest BCUT2D eigenvalue weighted by Gasteiger charge is 2.29. The molecule has 0 heterocycles. The van der Waals surface area contributed by atoms with E-state index in [0.717, 1.165) is 23.2 Å². The van der Waals surface area contributed by atoms with E-state index in [0.29, 0.717) is 21.2 Å². The van der Waals surface area contributed by atoms with Crippen LogP contribution in [0.4, 0.5) is 0 Å². The fourth-order valence-corrected chi connectivity index (χ4v) is 3.31. The highest BCUT2D eigenvalue weighted by atomic mass is 35.5. The van der Waals surface area contributed by atoms with Crippen LogP contribution in [0, 0.1) is 0 Å². The molecule has 0 radical (unpaired) electrons. The third-order valence-corrected chi connectivity index (χ3v) is 5.22. The van der Waals surface area contributed by atoms with Gasteiger partial charge in [-0.1, -0.05) is 65.7 Å². The van der Waals surface area contributed by atoms with Crippen LogP contribution in [0.25, 0.3) is 11.1 Å². The van der Waals surface area contributed by atoms with Crippen LogP contribution in [0.2, 0.25) is 10.0 Å². The maximum absolute atomic E-state index is 11.9. The van der Waals surface area contributed by atoms with Gasteiger partial charge in [0.15, 0.2) is 0 Å². The number of aldehydes is 1. The normalized spacial score (nSPS) is 12.8. The highest BCUT2D eigenvalue weighted by Crippen LogP contribution is 2.32. The second-order valence-corrected chi connectivity index (χ2v) is 7.70. The van der Waals surface area contributed by atoms with Gasteiger partial charge in [-0.15, -0.1) is 12.4 Å². The summed E-state index contributed by atoms with van der Waals surface area (Å²) in [4.78, 5) is 11.9. The summed E-state index contributed by atoms with van der Waals surface area (Å²) in [5.41, 5.74) is 8.39. The van der Waals surface area contributed by atoms with E-state index in [1.54, 1.807) is 18.2 Å². The summed E-state index contributed by atoms with van der Waals surface area (Å²) in [5.74, 6) is 0.813. The molecule has 152 valence electrons. The number of carbonyl (C=O) groups excluding carboxylic acids is 1. The van der Waals surface area contributed by atoms with E-state index in [4.69, 9.17) is 33.7 Å². The third kappa shape index (κ3) is 5.12. The van der Waals surface area contributed by atoms with Gasteiger partial charge in [0.2, 0.25) is 0 Å². The Morgan fingerprint density at radius 3 is 2.14 bits per heavy atom. The number of hydrogen-bond donors (Lipinski definition) is 1. The standard InChI is InChI=1S/C23H21Cl2NO2.ClH/c1-15(2)28-20-5-3-4-17(12-20)16-6-8-18(9-7-16)23(26,14-27)19-10-11-21(24)22(25)13-19;/h3-15H,26H2,1-2H3;1H. The fraction of sp³-hybridized carbons (Fsp3) is 0.174. The number of hydrogen-bond acceptors (Lipinski definition) is 3. The molecular formula is C23H22Cl3NO2. The van der Waals surface area contributed by atoms with Crippen molar-refractivity contribution in [3.8, 4) is 16.9 Å². The summed E-state index contributed by atoms with van der Waals surface area (Å²) in [7, 11) is 0. The number of halogens is 3. The van der Waals surface area contributed by atoms with E-state index < -0.39 is 5.54 Å². The van der Waals surface area contributed by atoms with Gasteiger partial charge in [0.25, 0.3) is 0 Å². The molecule has 0 amide bonds. The Morgan fingerprint density at radius 2 is 1.55 bits per heavy atom. The van der Waals surface area contributed by atoms with Gasteiger partial charge in [-0.25, -0.2) is 0 Å². The minimum absolute atomic E-state index is 0. The zero-order chi connectivity index (χ0) is 20.3. The van der Waals surface area contributed by atoms with Crippen LogP contribution in [0.5, 0.6) is 5.75 Å². The van der Waals surface area contributed by atoms with Gasteiger partial charge in [0.1, 0.15) is 17.6 Å². The maximum Gasteiger partial charge on any atom is 0.148 e. The Bertz CT molecular complexity index is 990. The van der Waals surface area contributed by atoms with Gasteiger partial charge in [0.05, 0.1) is 16.1 Å². The van der Waals surface area contributed by atoms with Crippen molar-refractivity contribution in [2.24, 2.45) is 5.73 Å². The predicted octanol–water partition coefficient (Wildman–Crippen LogP) is 6.27. The van der Waals surface area contributed by atoms with Gasteiger partial charge < -0.3 is 15.3 Å². The molecule has 3 aromatic rings. The molecular weight excluding hydrogens is 429 g/mol. The van der Waals surface area contributed by atoms with Gasteiger partial charge in [-0.05, 0) is 60.4 Å². The third-order valence-electron chi connectivity index (χ3n) is 4.48. The lowest BCUT2D eigenvalue weighted by Crippen LogP contribution is -2.39. The molecule has 29 heavy (non-hydrogen) atoms. The van der Waals surface area contributed by atoms with Crippen LogP contribution in [-0.4, -0.2) is 12.4 Å². The number of nitrogens with two attached hydrogens (primary N) is 1. The Labute approximate surface area is 187 Å². The van der Waals surface area contributed by atoms with E-state index in [9.17, 15) is 4.79 Å². The van der Waals surface area contributed by atoms with E-state index >= 15 is 0 Å². The molecule has 1 unspecified atom stereocenters. The van der Waals surface area contributed by atoms with Crippen molar-refractivity contribution in [2.75, 3.05) is 0 Å². The van der Waals surface area contributed by atoms with Crippen molar-refractivity contribution in [1.29, 1.82) is 0 Å². The lowest BCUT2D eigenvalue weighted by molar-refractivity contribution is -0.111. The molecule has 3 rings (SSSR count). The molecule has 3 nitrogen and oxygen atoms in total. The minimum atomic E-state index is -1.31. The van der Waals surface area contributed by atoms with Crippen molar-refractivity contribution in [2.45, 2.75) is 25.5 Å². The van der Waals surface area contributed by atoms with Gasteiger partial charge >= 0.3 is 0 Å². The van der Waals surface area contributed by atoms with Crippen LogP contribution >= 0.6 is 35.6 Å². The summed E-state index contributed by atoms with van der Waals surface area (Å²) in [5, 5.41) is 0.770. The zero-order valence-electron chi connectivity index (χ0n) is 16.1. The van der Waals surface area contributed by atoms with Crippen molar-refractivity contribution < 1.29 is 9.53 Å². The number of ether oxygens (including phenoxy) is 1. The van der Waals surface area contributed by atoms with Crippen LogP contribution in [0.15, 0.2) is 66.7 Å². The average molecular weight is 451 g/mol. The molecule has 0 saturated carbocycles. The molecule has 3 aromatic carbocycles. The number of benzene rings is 3. The molecule has 1 atom stereocenters. The van der Waals surface area contributed by atoms with Crippen LogP contribution in [-0.2, 0) is 10.3 Å². The smallest absolute Gasteiger partial charge is 0.148 e. The Balaban J connectivity index is 0.00000300.